The van der Waals surface area contributed by atoms with Gasteiger partial charge < -0.3 is 15.8 Å². The molecule has 1 saturated carbocycles. The third-order valence-corrected chi connectivity index (χ3v) is 5.06. The normalized spacial score (nSPS) is 34.6. The number of amides is 1. The van der Waals surface area contributed by atoms with E-state index in [0.29, 0.717) is 5.92 Å². The first-order valence-electron chi connectivity index (χ1n) is 6.40. The van der Waals surface area contributed by atoms with Crippen LogP contribution in [0.5, 0.6) is 0 Å². The van der Waals surface area contributed by atoms with Crippen LogP contribution in [0.25, 0.3) is 0 Å². The van der Waals surface area contributed by atoms with Crippen molar-refractivity contribution in [3.8, 4) is 0 Å². The highest BCUT2D eigenvalue weighted by Gasteiger charge is 2.51. The predicted molar refractivity (Wildman–Crippen MR) is 70.7 cm³/mol. The molecular weight excluding hydrogens is 248 g/mol. The third kappa shape index (κ3) is 1.86. The van der Waals surface area contributed by atoms with Crippen molar-refractivity contribution in [2.45, 2.75) is 38.0 Å². The molecule has 98 valence electrons. The number of nitrogens with two attached hydrogens (primary N) is 1. The molecule has 2 fully saturated rings. The van der Waals surface area contributed by atoms with E-state index in [1.54, 1.807) is 0 Å². The lowest BCUT2D eigenvalue weighted by atomic mass is 9.68. The first-order chi connectivity index (χ1) is 8.68. The van der Waals surface area contributed by atoms with Gasteiger partial charge in [-0.3, -0.25) is 4.79 Å². The number of fused-ring (bicyclic) bond motifs is 1. The van der Waals surface area contributed by atoms with Crippen LogP contribution in [0.2, 0.25) is 0 Å². The molecule has 4 nitrogen and oxygen atoms in total. The zero-order valence-corrected chi connectivity index (χ0v) is 11.2. The molecule has 5 heteroatoms. The Morgan fingerprint density at radius 2 is 2.44 bits per heavy atom. The van der Waals surface area contributed by atoms with E-state index in [1.807, 2.05) is 18.4 Å². The van der Waals surface area contributed by atoms with Crippen LogP contribution in [-0.2, 0) is 4.74 Å². The van der Waals surface area contributed by atoms with E-state index in [1.165, 1.54) is 11.3 Å². The number of nitrogens with one attached hydrogen (secondary N) is 1. The second-order valence-electron chi connectivity index (χ2n) is 5.15. The molecular formula is C13H18N2O2S. The van der Waals surface area contributed by atoms with Gasteiger partial charge in [0.25, 0.3) is 5.91 Å². The van der Waals surface area contributed by atoms with E-state index in [4.69, 9.17) is 10.5 Å². The van der Waals surface area contributed by atoms with Crippen LogP contribution >= 0.6 is 11.3 Å². The first-order valence-corrected chi connectivity index (χ1v) is 7.28. The molecule has 18 heavy (non-hydrogen) atoms. The van der Waals surface area contributed by atoms with Crippen molar-refractivity contribution in [3.05, 3.63) is 21.9 Å². The van der Waals surface area contributed by atoms with E-state index in [2.05, 4.69) is 5.32 Å². The van der Waals surface area contributed by atoms with Crippen molar-refractivity contribution >= 4 is 17.2 Å². The van der Waals surface area contributed by atoms with Crippen molar-refractivity contribution in [3.63, 3.8) is 0 Å². The molecule has 1 aliphatic carbocycles. The molecule has 1 amide bonds. The highest BCUT2D eigenvalue weighted by molar-refractivity contribution is 7.12. The minimum Gasteiger partial charge on any atom is -0.376 e. The number of thiophene rings is 1. The monoisotopic (exact) mass is 266 g/mol. The van der Waals surface area contributed by atoms with Gasteiger partial charge in [-0.1, -0.05) is 0 Å². The highest BCUT2D eigenvalue weighted by Crippen LogP contribution is 2.37. The van der Waals surface area contributed by atoms with Crippen molar-refractivity contribution < 1.29 is 9.53 Å². The van der Waals surface area contributed by atoms with E-state index in [0.717, 1.165) is 29.9 Å². The lowest BCUT2D eigenvalue weighted by Crippen LogP contribution is -2.72. The SMILES string of the molecule is Cc1ccsc1C(=O)NC1C(N)C2CCCOC21. The van der Waals surface area contributed by atoms with Crippen LogP contribution in [-0.4, -0.2) is 30.7 Å². The van der Waals surface area contributed by atoms with E-state index >= 15 is 0 Å². The average Bonchev–Trinajstić information content (AvgIpc) is 2.81. The Morgan fingerprint density at radius 3 is 3.17 bits per heavy atom. The molecule has 2 aliphatic rings. The molecule has 1 aromatic heterocycles. The number of hydrogen-bond donors (Lipinski definition) is 2. The Hall–Kier alpha value is -0.910. The molecule has 0 radical (unpaired) electrons. The van der Waals surface area contributed by atoms with Gasteiger partial charge in [0.15, 0.2) is 0 Å². The topological polar surface area (TPSA) is 64.4 Å². The van der Waals surface area contributed by atoms with Gasteiger partial charge in [-0.15, -0.1) is 11.3 Å². The number of aryl methyl sites for hydroxylation is 1. The smallest absolute Gasteiger partial charge is 0.261 e. The summed E-state index contributed by atoms with van der Waals surface area (Å²) in [7, 11) is 0. The summed E-state index contributed by atoms with van der Waals surface area (Å²) in [5.74, 6) is 0.407. The minimum atomic E-state index is -0.0238. The van der Waals surface area contributed by atoms with Crippen molar-refractivity contribution in [1.82, 2.24) is 5.32 Å². The summed E-state index contributed by atoms with van der Waals surface area (Å²) in [5.41, 5.74) is 7.15. The lowest BCUT2D eigenvalue weighted by Gasteiger charge is -2.52. The van der Waals surface area contributed by atoms with Gasteiger partial charge in [0.1, 0.15) is 0 Å². The summed E-state index contributed by atoms with van der Waals surface area (Å²) in [5, 5.41) is 4.97. The molecule has 3 N–H and O–H groups in total. The Labute approximate surface area is 111 Å². The van der Waals surface area contributed by atoms with Crippen LogP contribution < -0.4 is 11.1 Å². The van der Waals surface area contributed by atoms with Gasteiger partial charge in [-0.2, -0.15) is 0 Å². The quantitative estimate of drug-likeness (QED) is 0.848. The maximum Gasteiger partial charge on any atom is 0.261 e. The number of rotatable bonds is 2. The van der Waals surface area contributed by atoms with Gasteiger partial charge in [-0.25, -0.2) is 0 Å². The summed E-state index contributed by atoms with van der Waals surface area (Å²) in [4.78, 5) is 12.9. The zero-order chi connectivity index (χ0) is 12.7. The molecule has 0 bridgehead atoms. The summed E-state index contributed by atoms with van der Waals surface area (Å²) in [6.45, 7) is 2.74. The molecule has 1 aliphatic heterocycles. The minimum absolute atomic E-state index is 0.0180. The van der Waals surface area contributed by atoms with Crippen LogP contribution in [0.4, 0.5) is 0 Å². The maximum absolute atomic E-state index is 12.1. The molecule has 1 aromatic rings. The molecule has 0 aromatic carbocycles. The Bertz CT molecular complexity index is 460. The van der Waals surface area contributed by atoms with Crippen LogP contribution in [0.3, 0.4) is 0 Å². The van der Waals surface area contributed by atoms with E-state index < -0.39 is 0 Å². The van der Waals surface area contributed by atoms with Crippen LogP contribution in [0, 0.1) is 12.8 Å². The molecule has 3 rings (SSSR count). The van der Waals surface area contributed by atoms with Crippen molar-refractivity contribution in [2.75, 3.05) is 6.61 Å². The fourth-order valence-corrected chi connectivity index (χ4v) is 3.78. The highest BCUT2D eigenvalue weighted by atomic mass is 32.1. The standard InChI is InChI=1S/C13H18N2O2S/c1-7-4-6-18-12(7)13(16)15-10-9(14)8-3-2-5-17-11(8)10/h4,6,8-11H,2-3,5,14H2,1H3,(H,15,16). The molecule has 4 atom stereocenters. The Morgan fingerprint density at radius 1 is 1.61 bits per heavy atom. The van der Waals surface area contributed by atoms with Gasteiger partial charge in [0.05, 0.1) is 17.0 Å². The molecule has 2 heterocycles. The molecule has 4 unspecified atom stereocenters. The van der Waals surface area contributed by atoms with Gasteiger partial charge in [-0.05, 0) is 36.8 Å². The molecule has 0 spiro atoms. The van der Waals surface area contributed by atoms with Gasteiger partial charge in [0, 0.05) is 18.6 Å². The predicted octanol–water partition coefficient (Wildman–Crippen LogP) is 1.29. The fourth-order valence-electron chi connectivity index (χ4n) is 2.95. The number of carbonyl (C=O) groups is 1. The Kier molecular flexibility index (Phi) is 3.13. The first kappa shape index (κ1) is 12.1. The number of hydrogen-bond acceptors (Lipinski definition) is 4. The van der Waals surface area contributed by atoms with Crippen molar-refractivity contribution in [1.29, 1.82) is 0 Å². The maximum atomic E-state index is 12.1. The summed E-state index contributed by atoms with van der Waals surface area (Å²) in [6, 6.07) is 1.98. The second kappa shape index (κ2) is 4.64. The van der Waals surface area contributed by atoms with Crippen LogP contribution in [0.1, 0.15) is 28.1 Å². The zero-order valence-electron chi connectivity index (χ0n) is 10.4. The van der Waals surface area contributed by atoms with Crippen LogP contribution in [0.15, 0.2) is 11.4 Å². The Balaban J connectivity index is 1.67. The lowest BCUT2D eigenvalue weighted by molar-refractivity contribution is -0.117. The van der Waals surface area contributed by atoms with E-state index in [-0.39, 0.29) is 24.1 Å². The average molecular weight is 266 g/mol. The van der Waals surface area contributed by atoms with Crippen molar-refractivity contribution in [2.24, 2.45) is 11.7 Å². The van der Waals surface area contributed by atoms with E-state index in [9.17, 15) is 4.79 Å². The fraction of sp³-hybridized carbons (Fsp3) is 0.615. The second-order valence-corrected chi connectivity index (χ2v) is 6.07. The largest absolute Gasteiger partial charge is 0.376 e. The number of ether oxygens (including phenoxy) is 1. The number of carbonyl (C=O) groups excluding carboxylic acids is 1. The summed E-state index contributed by atoms with van der Waals surface area (Å²) in [6.07, 6.45) is 2.33. The van der Waals surface area contributed by atoms with Gasteiger partial charge in [0.2, 0.25) is 0 Å². The third-order valence-electron chi connectivity index (χ3n) is 4.04. The summed E-state index contributed by atoms with van der Waals surface area (Å²) >= 11 is 1.47. The summed E-state index contributed by atoms with van der Waals surface area (Å²) < 4.78 is 5.72. The van der Waals surface area contributed by atoms with Gasteiger partial charge >= 0.3 is 0 Å². The molecule has 1 saturated heterocycles.